The second kappa shape index (κ2) is 3.94. The molecule has 0 amide bonds. The summed E-state index contributed by atoms with van der Waals surface area (Å²) in [6, 6.07) is 0. The summed E-state index contributed by atoms with van der Waals surface area (Å²) in [5, 5.41) is 20.8. The first-order valence-electron chi connectivity index (χ1n) is 7.44. The monoisotopic (exact) mass is 254 g/mol. The zero-order valence-corrected chi connectivity index (χ0v) is 11.7. The van der Waals surface area contributed by atoms with E-state index in [0.29, 0.717) is 11.8 Å². The minimum Gasteiger partial charge on any atom is -0.396 e. The zero-order chi connectivity index (χ0) is 13.1. The van der Waals surface area contributed by atoms with E-state index >= 15 is 0 Å². The van der Waals surface area contributed by atoms with Crippen molar-refractivity contribution in [3.63, 3.8) is 0 Å². The Hall–Kier alpha value is -0.120. The minimum absolute atomic E-state index is 0.00509. The highest BCUT2D eigenvalue weighted by molar-refractivity contribution is 5.20. The smallest absolute Gasteiger partial charge is 0.116 e. The third-order valence-electron chi connectivity index (χ3n) is 6.04. The standard InChI is InChI=1S/C15H26O3/c1-9-4-5-11(10(2)8-16)15(17)12(9)6-7-14(3)13(15)18-14/h9-13,16-17H,4-8H2,1-3H3/t9-,10+,11+,12+,13-,14-,15+/m1/s1. The highest BCUT2D eigenvalue weighted by atomic mass is 16.6. The molecule has 3 fully saturated rings. The van der Waals surface area contributed by atoms with E-state index in [1.54, 1.807) is 0 Å². The van der Waals surface area contributed by atoms with Crippen molar-refractivity contribution in [2.45, 2.75) is 63.8 Å². The van der Waals surface area contributed by atoms with Gasteiger partial charge in [0.2, 0.25) is 0 Å². The lowest BCUT2D eigenvalue weighted by Gasteiger charge is -2.52. The maximum Gasteiger partial charge on any atom is 0.116 e. The second-order valence-corrected chi connectivity index (χ2v) is 7.16. The molecule has 3 nitrogen and oxygen atoms in total. The van der Waals surface area contributed by atoms with Crippen LogP contribution >= 0.6 is 0 Å². The molecule has 1 aliphatic heterocycles. The number of fused-ring (bicyclic) bond motifs is 3. The lowest BCUT2D eigenvalue weighted by molar-refractivity contribution is -0.156. The zero-order valence-electron chi connectivity index (χ0n) is 11.7. The Bertz CT molecular complexity index is 345. The van der Waals surface area contributed by atoms with E-state index in [-0.39, 0.29) is 30.1 Å². The fraction of sp³-hybridized carbons (Fsp3) is 1.00. The molecule has 0 aromatic heterocycles. The molecule has 2 aliphatic carbocycles. The van der Waals surface area contributed by atoms with Crippen molar-refractivity contribution in [3.8, 4) is 0 Å². The predicted octanol–water partition coefficient (Wildman–Crippen LogP) is 1.96. The molecule has 7 atom stereocenters. The van der Waals surface area contributed by atoms with Crippen molar-refractivity contribution >= 4 is 0 Å². The Labute approximate surface area is 110 Å². The van der Waals surface area contributed by atoms with Gasteiger partial charge < -0.3 is 14.9 Å². The third kappa shape index (κ3) is 1.53. The molecule has 1 heterocycles. The topological polar surface area (TPSA) is 53.0 Å². The first kappa shape index (κ1) is 12.9. The first-order chi connectivity index (χ1) is 8.43. The number of rotatable bonds is 2. The molecule has 0 aromatic rings. The van der Waals surface area contributed by atoms with Crippen LogP contribution in [0.5, 0.6) is 0 Å². The van der Waals surface area contributed by atoms with Crippen molar-refractivity contribution in [2.75, 3.05) is 6.61 Å². The number of aliphatic hydroxyl groups excluding tert-OH is 1. The van der Waals surface area contributed by atoms with Crippen LogP contribution < -0.4 is 0 Å². The van der Waals surface area contributed by atoms with E-state index in [9.17, 15) is 10.2 Å². The summed E-state index contributed by atoms with van der Waals surface area (Å²) < 4.78 is 5.88. The lowest BCUT2D eigenvalue weighted by Crippen LogP contribution is -2.60. The Morgan fingerprint density at radius 1 is 1.33 bits per heavy atom. The van der Waals surface area contributed by atoms with Crippen LogP contribution in [-0.4, -0.2) is 34.1 Å². The van der Waals surface area contributed by atoms with Crippen molar-refractivity contribution in [3.05, 3.63) is 0 Å². The first-order valence-corrected chi connectivity index (χ1v) is 7.44. The number of ether oxygens (including phenoxy) is 1. The van der Waals surface area contributed by atoms with Crippen LogP contribution in [0.1, 0.15) is 46.5 Å². The van der Waals surface area contributed by atoms with Crippen LogP contribution in [-0.2, 0) is 4.74 Å². The van der Waals surface area contributed by atoms with Gasteiger partial charge in [0.05, 0.1) is 11.2 Å². The molecule has 0 spiro atoms. The van der Waals surface area contributed by atoms with Gasteiger partial charge in [0.15, 0.2) is 0 Å². The molecule has 18 heavy (non-hydrogen) atoms. The van der Waals surface area contributed by atoms with Gasteiger partial charge in [-0.05, 0) is 56.3 Å². The summed E-state index contributed by atoms with van der Waals surface area (Å²) >= 11 is 0. The summed E-state index contributed by atoms with van der Waals surface area (Å²) in [5.74, 6) is 1.28. The molecule has 0 aromatic carbocycles. The van der Waals surface area contributed by atoms with Gasteiger partial charge in [0.25, 0.3) is 0 Å². The lowest BCUT2D eigenvalue weighted by atomic mass is 9.54. The van der Waals surface area contributed by atoms with E-state index in [4.69, 9.17) is 4.74 Å². The predicted molar refractivity (Wildman–Crippen MR) is 69.1 cm³/mol. The molecular formula is C15H26O3. The molecule has 0 radical (unpaired) electrons. The number of hydrogen-bond donors (Lipinski definition) is 2. The van der Waals surface area contributed by atoms with Gasteiger partial charge in [-0.15, -0.1) is 0 Å². The van der Waals surface area contributed by atoms with Crippen LogP contribution in [0, 0.1) is 23.7 Å². The van der Waals surface area contributed by atoms with Crippen LogP contribution in [0.2, 0.25) is 0 Å². The van der Waals surface area contributed by atoms with Gasteiger partial charge >= 0.3 is 0 Å². The van der Waals surface area contributed by atoms with Crippen LogP contribution in [0.15, 0.2) is 0 Å². The molecule has 0 unspecified atom stereocenters. The fourth-order valence-corrected chi connectivity index (χ4v) is 4.83. The summed E-state index contributed by atoms with van der Waals surface area (Å²) in [6.45, 7) is 6.62. The van der Waals surface area contributed by atoms with Gasteiger partial charge in [0, 0.05) is 6.61 Å². The maximum atomic E-state index is 11.4. The summed E-state index contributed by atoms with van der Waals surface area (Å²) in [5.41, 5.74) is -0.789. The van der Waals surface area contributed by atoms with Gasteiger partial charge in [0.1, 0.15) is 6.10 Å². The average molecular weight is 254 g/mol. The average Bonchev–Trinajstić information content (AvgIpc) is 3.02. The quantitative estimate of drug-likeness (QED) is 0.741. The minimum atomic E-state index is -0.702. The Morgan fingerprint density at radius 2 is 2.06 bits per heavy atom. The van der Waals surface area contributed by atoms with E-state index in [2.05, 4.69) is 20.8 Å². The number of aliphatic hydroxyl groups is 2. The van der Waals surface area contributed by atoms with Crippen LogP contribution in [0.3, 0.4) is 0 Å². The molecule has 1 saturated heterocycles. The van der Waals surface area contributed by atoms with E-state index < -0.39 is 5.60 Å². The van der Waals surface area contributed by atoms with Crippen LogP contribution in [0.25, 0.3) is 0 Å². The van der Waals surface area contributed by atoms with Gasteiger partial charge in [-0.3, -0.25) is 0 Å². The molecule has 2 N–H and O–H groups in total. The number of hydrogen-bond acceptors (Lipinski definition) is 3. The molecule has 3 heteroatoms. The van der Waals surface area contributed by atoms with Gasteiger partial charge in [-0.2, -0.15) is 0 Å². The summed E-state index contributed by atoms with van der Waals surface area (Å²) in [4.78, 5) is 0. The highest BCUT2D eigenvalue weighted by Crippen LogP contribution is 2.62. The van der Waals surface area contributed by atoms with Crippen LogP contribution in [0.4, 0.5) is 0 Å². The Morgan fingerprint density at radius 3 is 2.72 bits per heavy atom. The van der Waals surface area contributed by atoms with E-state index in [0.717, 1.165) is 19.3 Å². The molecule has 3 rings (SSSR count). The Kier molecular flexibility index (Phi) is 2.82. The second-order valence-electron chi connectivity index (χ2n) is 7.16. The van der Waals surface area contributed by atoms with Crippen molar-refractivity contribution in [2.24, 2.45) is 23.7 Å². The summed E-state index contributed by atoms with van der Waals surface area (Å²) in [7, 11) is 0. The molecule has 2 saturated carbocycles. The van der Waals surface area contributed by atoms with Crippen molar-refractivity contribution in [1.82, 2.24) is 0 Å². The molecule has 3 aliphatic rings. The molecule has 104 valence electrons. The highest BCUT2D eigenvalue weighted by Gasteiger charge is 2.71. The summed E-state index contributed by atoms with van der Waals surface area (Å²) in [6.07, 6.45) is 4.34. The Balaban J connectivity index is 1.94. The van der Waals surface area contributed by atoms with Crippen molar-refractivity contribution < 1.29 is 14.9 Å². The third-order valence-corrected chi connectivity index (χ3v) is 6.04. The molecule has 0 bridgehead atoms. The van der Waals surface area contributed by atoms with Gasteiger partial charge in [-0.1, -0.05) is 13.8 Å². The van der Waals surface area contributed by atoms with Gasteiger partial charge in [-0.25, -0.2) is 0 Å². The van der Waals surface area contributed by atoms with Crippen molar-refractivity contribution in [1.29, 1.82) is 0 Å². The van der Waals surface area contributed by atoms with E-state index in [1.807, 2.05) is 0 Å². The maximum absolute atomic E-state index is 11.4. The molecular weight excluding hydrogens is 228 g/mol. The fourth-order valence-electron chi connectivity index (χ4n) is 4.83. The normalized spacial score (nSPS) is 56.5. The van der Waals surface area contributed by atoms with E-state index in [1.165, 1.54) is 6.42 Å². The SMILES string of the molecule is C[C@@H]1CC[C@@H]([C@@H](C)CO)[C@]2(O)[C@H]1CC[C@@]1(C)O[C@@H]21. The largest absolute Gasteiger partial charge is 0.396 e. The number of epoxide rings is 1.